The second-order valence-corrected chi connectivity index (χ2v) is 6.50. The van der Waals surface area contributed by atoms with Crippen molar-refractivity contribution in [2.24, 2.45) is 5.92 Å². The Morgan fingerprint density at radius 3 is 2.86 bits per heavy atom. The molecule has 5 heteroatoms. The van der Waals surface area contributed by atoms with Gasteiger partial charge in [-0.1, -0.05) is 32.4 Å². The molecule has 1 aromatic carbocycles. The zero-order chi connectivity index (χ0) is 15.4. The van der Waals surface area contributed by atoms with Crippen LogP contribution >= 0.6 is 11.8 Å². The molecule has 1 amide bonds. The van der Waals surface area contributed by atoms with Crippen LogP contribution in [0.15, 0.2) is 24.3 Å². The number of nitrogens with zero attached hydrogens (tertiary/aromatic N) is 1. The number of hydrogen-bond donors (Lipinski definition) is 1. The Hall–Kier alpha value is -1.07. The Labute approximate surface area is 130 Å². The van der Waals surface area contributed by atoms with Crippen molar-refractivity contribution in [1.82, 2.24) is 10.2 Å². The summed E-state index contributed by atoms with van der Waals surface area (Å²) < 4.78 is 13.5. The number of carbonyl (C=O) groups is 1. The van der Waals surface area contributed by atoms with Crippen LogP contribution in [0.1, 0.15) is 32.0 Å². The molecule has 1 aliphatic rings. The highest BCUT2D eigenvalue weighted by molar-refractivity contribution is 7.98. The quantitative estimate of drug-likeness (QED) is 0.876. The first-order chi connectivity index (χ1) is 10.1. The molecule has 3 nitrogen and oxygen atoms in total. The van der Waals surface area contributed by atoms with E-state index in [1.54, 1.807) is 17.8 Å². The third-order valence-corrected chi connectivity index (χ3v) is 4.70. The van der Waals surface area contributed by atoms with E-state index in [9.17, 15) is 9.18 Å². The fraction of sp³-hybridized carbons (Fsp3) is 0.562. The van der Waals surface area contributed by atoms with Crippen molar-refractivity contribution < 1.29 is 9.18 Å². The van der Waals surface area contributed by atoms with Crippen molar-refractivity contribution in [2.45, 2.75) is 32.5 Å². The van der Waals surface area contributed by atoms with Crippen LogP contribution in [-0.4, -0.2) is 35.4 Å². The summed E-state index contributed by atoms with van der Waals surface area (Å²) in [4.78, 5) is 14.5. The van der Waals surface area contributed by atoms with Gasteiger partial charge in [-0.3, -0.25) is 10.1 Å². The molecular weight excluding hydrogens is 287 g/mol. The van der Waals surface area contributed by atoms with E-state index in [1.165, 1.54) is 12.1 Å². The Kier molecular flexibility index (Phi) is 5.65. The molecule has 21 heavy (non-hydrogen) atoms. The molecule has 0 spiro atoms. The van der Waals surface area contributed by atoms with Crippen LogP contribution in [0, 0.1) is 11.7 Å². The molecule has 0 saturated carbocycles. The maximum absolute atomic E-state index is 13.5. The first-order valence-electron chi connectivity index (χ1n) is 7.39. The third-order valence-electron chi connectivity index (χ3n) is 4.11. The topological polar surface area (TPSA) is 32.3 Å². The molecule has 116 valence electrons. The van der Waals surface area contributed by atoms with Gasteiger partial charge in [-0.25, -0.2) is 4.39 Å². The summed E-state index contributed by atoms with van der Waals surface area (Å²) in [5, 5.41) is 3.39. The Bertz CT molecular complexity index is 497. The SMILES string of the molecule is CCC(C)C1NC(c2cccc(F)c2)N(CCSC)C1=O. The predicted molar refractivity (Wildman–Crippen MR) is 85.6 cm³/mol. The van der Waals surface area contributed by atoms with Crippen molar-refractivity contribution in [3.63, 3.8) is 0 Å². The van der Waals surface area contributed by atoms with E-state index in [0.717, 1.165) is 17.7 Å². The number of amides is 1. The zero-order valence-corrected chi connectivity index (χ0v) is 13.6. The van der Waals surface area contributed by atoms with Crippen LogP contribution in [0.5, 0.6) is 0 Å². The van der Waals surface area contributed by atoms with E-state index >= 15 is 0 Å². The lowest BCUT2D eigenvalue weighted by molar-refractivity contribution is -0.130. The van der Waals surface area contributed by atoms with Crippen LogP contribution < -0.4 is 5.32 Å². The third kappa shape index (κ3) is 3.58. The second kappa shape index (κ2) is 7.27. The molecule has 1 saturated heterocycles. The molecule has 0 bridgehead atoms. The van der Waals surface area contributed by atoms with Gasteiger partial charge in [-0.05, 0) is 29.9 Å². The van der Waals surface area contributed by atoms with Gasteiger partial charge < -0.3 is 4.90 Å². The summed E-state index contributed by atoms with van der Waals surface area (Å²) in [5.41, 5.74) is 0.815. The number of benzene rings is 1. The number of hydrogen-bond acceptors (Lipinski definition) is 3. The average Bonchev–Trinajstić information content (AvgIpc) is 2.81. The summed E-state index contributed by atoms with van der Waals surface area (Å²) in [6, 6.07) is 6.33. The first kappa shape index (κ1) is 16.3. The van der Waals surface area contributed by atoms with Crippen molar-refractivity contribution in [3.05, 3.63) is 35.6 Å². The van der Waals surface area contributed by atoms with Crippen molar-refractivity contribution in [3.8, 4) is 0 Å². The van der Waals surface area contributed by atoms with Crippen LogP contribution in [0.25, 0.3) is 0 Å². The van der Waals surface area contributed by atoms with Crippen molar-refractivity contribution >= 4 is 17.7 Å². The second-order valence-electron chi connectivity index (χ2n) is 5.51. The van der Waals surface area contributed by atoms with Crippen molar-refractivity contribution in [2.75, 3.05) is 18.6 Å². The maximum atomic E-state index is 13.5. The normalized spacial score (nSPS) is 23.6. The van der Waals surface area contributed by atoms with E-state index < -0.39 is 0 Å². The fourth-order valence-corrected chi connectivity index (χ4v) is 3.04. The maximum Gasteiger partial charge on any atom is 0.241 e. The number of carbonyl (C=O) groups excluding carboxylic acids is 1. The molecule has 1 aliphatic heterocycles. The van der Waals surface area contributed by atoms with E-state index in [0.29, 0.717) is 6.54 Å². The van der Waals surface area contributed by atoms with Crippen LogP contribution in [0.2, 0.25) is 0 Å². The Morgan fingerprint density at radius 2 is 2.24 bits per heavy atom. The van der Waals surface area contributed by atoms with E-state index in [-0.39, 0.29) is 29.8 Å². The highest BCUT2D eigenvalue weighted by Gasteiger charge is 2.41. The number of nitrogens with one attached hydrogen (secondary N) is 1. The molecule has 3 atom stereocenters. The van der Waals surface area contributed by atoms with Gasteiger partial charge in [-0.2, -0.15) is 11.8 Å². The van der Waals surface area contributed by atoms with Crippen molar-refractivity contribution in [1.29, 1.82) is 0 Å². The van der Waals surface area contributed by atoms with Gasteiger partial charge in [0.2, 0.25) is 5.91 Å². The predicted octanol–water partition coefficient (Wildman–Crippen LogP) is 3.03. The van der Waals surface area contributed by atoms with Gasteiger partial charge in [0, 0.05) is 12.3 Å². The first-order valence-corrected chi connectivity index (χ1v) is 8.78. The number of rotatable bonds is 6. The molecule has 1 aromatic rings. The van der Waals surface area contributed by atoms with Gasteiger partial charge in [0.05, 0.1) is 6.04 Å². The van der Waals surface area contributed by atoms with E-state index in [1.807, 2.05) is 17.2 Å². The highest BCUT2D eigenvalue weighted by atomic mass is 32.2. The summed E-state index contributed by atoms with van der Waals surface area (Å²) in [6.07, 6.45) is 2.74. The molecular formula is C16H23FN2OS. The Morgan fingerprint density at radius 1 is 1.48 bits per heavy atom. The summed E-state index contributed by atoms with van der Waals surface area (Å²) >= 11 is 1.71. The zero-order valence-electron chi connectivity index (χ0n) is 12.8. The average molecular weight is 310 g/mol. The molecule has 2 rings (SSSR count). The van der Waals surface area contributed by atoms with Gasteiger partial charge in [-0.15, -0.1) is 0 Å². The lowest BCUT2D eigenvalue weighted by Gasteiger charge is -2.24. The summed E-state index contributed by atoms with van der Waals surface area (Å²) in [5.74, 6) is 1.02. The lowest BCUT2D eigenvalue weighted by atomic mass is 9.99. The largest absolute Gasteiger partial charge is 0.321 e. The highest BCUT2D eigenvalue weighted by Crippen LogP contribution is 2.29. The number of halogens is 1. The van der Waals surface area contributed by atoms with Gasteiger partial charge >= 0.3 is 0 Å². The number of thioether (sulfide) groups is 1. The van der Waals surface area contributed by atoms with Crippen LogP contribution in [0.3, 0.4) is 0 Å². The molecule has 1 heterocycles. The van der Waals surface area contributed by atoms with Crippen LogP contribution in [0.4, 0.5) is 4.39 Å². The summed E-state index contributed by atoms with van der Waals surface area (Å²) in [6.45, 7) is 4.85. The van der Waals surface area contributed by atoms with Gasteiger partial charge in [0.1, 0.15) is 12.0 Å². The molecule has 3 unspecified atom stereocenters. The minimum atomic E-state index is -0.265. The van der Waals surface area contributed by atoms with E-state index in [2.05, 4.69) is 19.2 Å². The Balaban J connectivity index is 2.26. The molecule has 0 radical (unpaired) electrons. The minimum absolute atomic E-state index is 0.132. The van der Waals surface area contributed by atoms with E-state index in [4.69, 9.17) is 0 Å². The van der Waals surface area contributed by atoms with Gasteiger partial charge in [0.15, 0.2) is 0 Å². The minimum Gasteiger partial charge on any atom is -0.321 e. The molecule has 0 aliphatic carbocycles. The van der Waals surface area contributed by atoms with Crippen LogP contribution in [-0.2, 0) is 4.79 Å². The molecule has 1 N–H and O–H groups in total. The molecule has 0 aromatic heterocycles. The lowest BCUT2D eigenvalue weighted by Crippen LogP contribution is -2.36. The monoisotopic (exact) mass is 310 g/mol. The standard InChI is InChI=1S/C16H23FN2OS/c1-4-11(2)14-16(20)19(8-9-21-3)15(18-14)12-6-5-7-13(17)10-12/h5-7,10-11,14-15,18H,4,8-9H2,1-3H3. The van der Waals surface area contributed by atoms with Gasteiger partial charge in [0.25, 0.3) is 0 Å². The smallest absolute Gasteiger partial charge is 0.241 e. The molecule has 1 fully saturated rings. The fourth-order valence-electron chi connectivity index (χ4n) is 2.66. The summed E-state index contributed by atoms with van der Waals surface area (Å²) in [7, 11) is 0.